The summed E-state index contributed by atoms with van der Waals surface area (Å²) in [4.78, 5) is 10.8. The van der Waals surface area contributed by atoms with Gasteiger partial charge in [-0.3, -0.25) is 4.79 Å². The first-order valence-electron chi connectivity index (χ1n) is 3.64. The molecule has 0 saturated heterocycles. The Morgan fingerprint density at radius 2 is 2.27 bits per heavy atom. The van der Waals surface area contributed by atoms with Gasteiger partial charge in [0.25, 0.3) is 0 Å². The lowest BCUT2D eigenvalue weighted by atomic mass is 10.5. The van der Waals surface area contributed by atoms with Crippen molar-refractivity contribution in [3.63, 3.8) is 0 Å². The highest BCUT2D eigenvalue weighted by molar-refractivity contribution is 7.99. The van der Waals surface area contributed by atoms with Gasteiger partial charge in [0.1, 0.15) is 0 Å². The van der Waals surface area contributed by atoms with Crippen LogP contribution >= 0.6 is 11.8 Å². The number of hydrogen-bond acceptors (Lipinski definition) is 4. The van der Waals surface area contributed by atoms with E-state index in [1.54, 1.807) is 0 Å². The number of carbonyl (C=O) groups is 1. The predicted molar refractivity (Wildman–Crippen MR) is 47.6 cm³/mol. The van der Waals surface area contributed by atoms with Crippen molar-refractivity contribution in [1.29, 1.82) is 0 Å². The minimum Gasteiger partial charge on any atom is -0.462 e. The molecule has 0 saturated carbocycles. The lowest BCUT2D eigenvalue weighted by Gasteiger charge is -2.06. The highest BCUT2D eigenvalue weighted by Gasteiger charge is 2.03. The number of carbonyl (C=O) groups excluding carboxylic acids is 1. The molecule has 4 heteroatoms. The van der Waals surface area contributed by atoms with E-state index in [1.165, 1.54) is 11.8 Å². The third-order valence-electron chi connectivity index (χ3n) is 0.849. The first kappa shape index (κ1) is 10.8. The lowest BCUT2D eigenvalue weighted by Crippen LogP contribution is -2.14. The van der Waals surface area contributed by atoms with E-state index in [4.69, 9.17) is 10.5 Å². The van der Waals surface area contributed by atoms with Crippen LogP contribution in [0.25, 0.3) is 0 Å². The van der Waals surface area contributed by atoms with Crippen LogP contribution in [0.4, 0.5) is 0 Å². The van der Waals surface area contributed by atoms with Crippen molar-refractivity contribution >= 4 is 17.7 Å². The van der Waals surface area contributed by atoms with E-state index in [-0.39, 0.29) is 12.1 Å². The number of esters is 1. The summed E-state index contributed by atoms with van der Waals surface area (Å²) in [7, 11) is 0. The second-order valence-electron chi connectivity index (χ2n) is 2.38. The van der Waals surface area contributed by atoms with Crippen LogP contribution in [0.15, 0.2) is 0 Å². The quantitative estimate of drug-likeness (QED) is 0.494. The van der Waals surface area contributed by atoms with E-state index < -0.39 is 0 Å². The summed E-state index contributed by atoms with van der Waals surface area (Å²) in [6, 6.07) is 0. The van der Waals surface area contributed by atoms with Gasteiger partial charge in [0, 0.05) is 12.3 Å². The van der Waals surface area contributed by atoms with Crippen LogP contribution in [0.1, 0.15) is 13.8 Å². The first-order valence-corrected chi connectivity index (χ1v) is 4.79. The topological polar surface area (TPSA) is 52.3 Å². The third kappa shape index (κ3) is 7.68. The molecule has 0 aliphatic heterocycles. The van der Waals surface area contributed by atoms with Crippen molar-refractivity contribution in [2.75, 3.05) is 18.1 Å². The Balaban J connectivity index is 3.23. The number of ether oxygens (including phenoxy) is 1. The van der Waals surface area contributed by atoms with E-state index >= 15 is 0 Å². The van der Waals surface area contributed by atoms with E-state index in [0.717, 1.165) is 5.75 Å². The Morgan fingerprint density at radius 3 is 2.73 bits per heavy atom. The summed E-state index contributed by atoms with van der Waals surface area (Å²) in [6.45, 7) is 4.29. The zero-order valence-corrected chi connectivity index (χ0v) is 7.82. The fourth-order valence-electron chi connectivity index (χ4n) is 0.536. The number of thioether (sulfide) groups is 1. The molecule has 0 rings (SSSR count). The molecule has 0 amide bonds. The van der Waals surface area contributed by atoms with E-state index in [9.17, 15) is 4.79 Å². The van der Waals surface area contributed by atoms with Gasteiger partial charge in [0.2, 0.25) is 0 Å². The Hall–Kier alpha value is -0.220. The van der Waals surface area contributed by atoms with Crippen LogP contribution in [0, 0.1) is 0 Å². The van der Waals surface area contributed by atoms with Crippen molar-refractivity contribution in [2.45, 2.75) is 20.0 Å². The number of rotatable bonds is 5. The van der Waals surface area contributed by atoms with Crippen molar-refractivity contribution in [2.24, 2.45) is 5.73 Å². The van der Waals surface area contributed by atoms with E-state index in [2.05, 4.69) is 0 Å². The molecule has 3 nitrogen and oxygen atoms in total. The molecule has 0 aliphatic rings. The minimum atomic E-state index is -0.154. The van der Waals surface area contributed by atoms with E-state index in [0.29, 0.717) is 12.3 Å². The van der Waals surface area contributed by atoms with Crippen LogP contribution in [-0.2, 0) is 9.53 Å². The van der Waals surface area contributed by atoms with Crippen LogP contribution in [0.3, 0.4) is 0 Å². The minimum absolute atomic E-state index is 0.0130. The normalized spacial score (nSPS) is 10.2. The van der Waals surface area contributed by atoms with Gasteiger partial charge in [0.05, 0.1) is 11.9 Å². The molecule has 0 atom stereocenters. The van der Waals surface area contributed by atoms with Crippen molar-refractivity contribution in [3.8, 4) is 0 Å². The van der Waals surface area contributed by atoms with Crippen LogP contribution in [0.5, 0.6) is 0 Å². The van der Waals surface area contributed by atoms with Gasteiger partial charge in [-0.2, -0.15) is 0 Å². The molecule has 0 unspecified atom stereocenters. The molecule has 0 bridgehead atoms. The molecule has 0 spiro atoms. The second-order valence-corrected chi connectivity index (χ2v) is 3.49. The molecule has 0 aliphatic carbocycles. The van der Waals surface area contributed by atoms with Crippen LogP contribution in [0.2, 0.25) is 0 Å². The summed E-state index contributed by atoms with van der Waals surface area (Å²) >= 11 is 1.50. The van der Waals surface area contributed by atoms with Gasteiger partial charge in [-0.25, -0.2) is 0 Å². The second kappa shape index (κ2) is 6.49. The Kier molecular flexibility index (Phi) is 6.36. The van der Waals surface area contributed by atoms with Gasteiger partial charge in [-0.05, 0) is 13.8 Å². The standard InChI is InChI=1S/C7H15NO2S/c1-6(2)10-7(9)5-11-4-3-8/h6H,3-5,8H2,1-2H3. The summed E-state index contributed by atoms with van der Waals surface area (Å²) in [5.74, 6) is 1.07. The average Bonchev–Trinajstić information content (AvgIpc) is 1.86. The zero-order chi connectivity index (χ0) is 8.69. The van der Waals surface area contributed by atoms with Crippen LogP contribution < -0.4 is 5.73 Å². The number of hydrogen-bond donors (Lipinski definition) is 1. The van der Waals surface area contributed by atoms with Gasteiger partial charge in [0.15, 0.2) is 0 Å². The van der Waals surface area contributed by atoms with Crippen molar-refractivity contribution < 1.29 is 9.53 Å². The Bertz CT molecular complexity index is 117. The molecule has 0 fully saturated rings. The van der Waals surface area contributed by atoms with Crippen molar-refractivity contribution in [3.05, 3.63) is 0 Å². The summed E-state index contributed by atoms with van der Waals surface area (Å²) in [5.41, 5.74) is 5.24. The highest BCUT2D eigenvalue weighted by atomic mass is 32.2. The highest BCUT2D eigenvalue weighted by Crippen LogP contribution is 2.00. The third-order valence-corrected chi connectivity index (χ3v) is 1.81. The largest absolute Gasteiger partial charge is 0.462 e. The fourth-order valence-corrected chi connectivity index (χ4v) is 1.08. The van der Waals surface area contributed by atoms with Gasteiger partial charge >= 0.3 is 5.97 Å². The molecule has 66 valence electrons. The van der Waals surface area contributed by atoms with Crippen LogP contribution in [-0.4, -0.2) is 30.1 Å². The maximum Gasteiger partial charge on any atom is 0.316 e. The molecule has 0 aromatic rings. The molecule has 2 N–H and O–H groups in total. The summed E-state index contributed by atoms with van der Waals surface area (Å²) < 4.78 is 4.90. The average molecular weight is 177 g/mol. The molecule has 0 heterocycles. The molecule has 0 aromatic carbocycles. The summed E-state index contributed by atoms with van der Waals surface area (Å²) in [5, 5.41) is 0. The first-order chi connectivity index (χ1) is 5.16. The van der Waals surface area contributed by atoms with Gasteiger partial charge in [-0.1, -0.05) is 0 Å². The van der Waals surface area contributed by atoms with Gasteiger partial charge in [-0.15, -0.1) is 11.8 Å². The molecule has 0 radical (unpaired) electrons. The Morgan fingerprint density at radius 1 is 1.64 bits per heavy atom. The SMILES string of the molecule is CC(C)OC(=O)CSCCN. The smallest absolute Gasteiger partial charge is 0.316 e. The number of nitrogens with two attached hydrogens (primary N) is 1. The van der Waals surface area contributed by atoms with Gasteiger partial charge < -0.3 is 10.5 Å². The molecule has 11 heavy (non-hydrogen) atoms. The molecule has 0 aromatic heterocycles. The predicted octanol–water partition coefficient (Wildman–Crippen LogP) is 0.630. The van der Waals surface area contributed by atoms with E-state index in [1.807, 2.05) is 13.8 Å². The maximum atomic E-state index is 10.8. The monoisotopic (exact) mass is 177 g/mol. The fraction of sp³-hybridized carbons (Fsp3) is 0.857. The molecular formula is C7H15NO2S. The lowest BCUT2D eigenvalue weighted by molar-refractivity contribution is -0.144. The zero-order valence-electron chi connectivity index (χ0n) is 7.00. The Labute approximate surface area is 71.7 Å². The summed E-state index contributed by atoms with van der Waals surface area (Å²) in [6.07, 6.45) is -0.0130. The maximum absolute atomic E-state index is 10.8. The van der Waals surface area contributed by atoms with Crippen molar-refractivity contribution in [1.82, 2.24) is 0 Å². The molecular weight excluding hydrogens is 162 g/mol.